The Balaban J connectivity index is 2.70. The summed E-state index contributed by atoms with van der Waals surface area (Å²) in [5, 5.41) is 8.71. The Hall–Kier alpha value is -1.34. The van der Waals surface area contributed by atoms with Crippen molar-refractivity contribution in [2.45, 2.75) is 45.9 Å². The van der Waals surface area contributed by atoms with Gasteiger partial charge in [0.25, 0.3) is 0 Å². The van der Waals surface area contributed by atoms with E-state index >= 15 is 0 Å². The Morgan fingerprint density at radius 3 is 2.81 bits per heavy atom. The first-order valence-electron chi connectivity index (χ1n) is 5.53. The van der Waals surface area contributed by atoms with Crippen LogP contribution >= 0.6 is 0 Å². The number of nitriles is 1. The third-order valence-electron chi connectivity index (χ3n) is 2.75. The van der Waals surface area contributed by atoms with Crippen LogP contribution in [0.3, 0.4) is 0 Å². The number of imidazole rings is 1. The third kappa shape index (κ3) is 3.35. The molecule has 0 saturated carbocycles. The maximum atomic E-state index is 8.71. The van der Waals surface area contributed by atoms with Gasteiger partial charge in [-0.25, -0.2) is 9.13 Å². The van der Waals surface area contributed by atoms with E-state index in [-0.39, 0.29) is 5.60 Å². The van der Waals surface area contributed by atoms with Crippen LogP contribution in [0.15, 0.2) is 12.5 Å². The molecule has 1 aromatic rings. The number of rotatable bonds is 5. The van der Waals surface area contributed by atoms with Gasteiger partial charge in [-0.2, -0.15) is 5.26 Å². The molecule has 0 bridgehead atoms. The zero-order valence-electron chi connectivity index (χ0n) is 10.5. The number of hydrogen-bond acceptors (Lipinski definition) is 2. The maximum Gasteiger partial charge on any atom is 0.245 e. The van der Waals surface area contributed by atoms with E-state index in [9.17, 15) is 0 Å². The molecule has 16 heavy (non-hydrogen) atoms. The standard InChI is InChI=1S/C12H20N3O/c1-5-12(2,3)16-10-15-9-14(4)8-11(15)6-7-13/h8-9H,5-6,10H2,1-4H3/q+1. The number of aryl methyl sites for hydroxylation is 1. The van der Waals surface area contributed by atoms with Gasteiger partial charge in [-0.1, -0.05) is 6.92 Å². The zero-order chi connectivity index (χ0) is 12.2. The summed E-state index contributed by atoms with van der Waals surface area (Å²) in [5.41, 5.74) is 0.865. The van der Waals surface area contributed by atoms with Gasteiger partial charge in [0, 0.05) is 0 Å². The van der Waals surface area contributed by atoms with Crippen molar-refractivity contribution in [3.63, 3.8) is 0 Å². The second-order valence-electron chi connectivity index (χ2n) is 4.59. The number of hydrogen-bond donors (Lipinski definition) is 0. The molecule has 0 spiro atoms. The van der Waals surface area contributed by atoms with Gasteiger partial charge in [-0.3, -0.25) is 0 Å². The van der Waals surface area contributed by atoms with Gasteiger partial charge >= 0.3 is 0 Å². The Labute approximate surface area is 97.1 Å². The Morgan fingerprint density at radius 2 is 2.25 bits per heavy atom. The van der Waals surface area contributed by atoms with E-state index in [0.29, 0.717) is 13.2 Å². The first-order valence-corrected chi connectivity index (χ1v) is 5.53. The molecule has 1 aromatic heterocycles. The topological polar surface area (TPSA) is 41.8 Å². The summed E-state index contributed by atoms with van der Waals surface area (Å²) in [6.07, 6.45) is 5.27. The fourth-order valence-electron chi connectivity index (χ4n) is 1.33. The third-order valence-corrected chi connectivity index (χ3v) is 2.75. The van der Waals surface area contributed by atoms with Crippen LogP contribution in [0.5, 0.6) is 0 Å². The van der Waals surface area contributed by atoms with Crippen molar-refractivity contribution in [2.24, 2.45) is 7.05 Å². The highest BCUT2D eigenvalue weighted by Gasteiger charge is 2.18. The molecule has 1 rings (SSSR count). The SMILES string of the molecule is CCC(C)(C)OCn1c[n+](C)cc1CC#N. The highest BCUT2D eigenvalue weighted by atomic mass is 16.5. The number of aromatic nitrogens is 2. The quantitative estimate of drug-likeness (QED) is 0.709. The predicted octanol–water partition coefficient (Wildman–Crippen LogP) is 1.54. The number of ether oxygens (including phenoxy) is 1. The van der Waals surface area contributed by atoms with Crippen molar-refractivity contribution in [3.05, 3.63) is 18.2 Å². The molecule has 0 atom stereocenters. The molecule has 0 aliphatic carbocycles. The van der Waals surface area contributed by atoms with Gasteiger partial charge in [0.05, 0.1) is 18.7 Å². The van der Waals surface area contributed by atoms with Crippen LogP contribution in [0, 0.1) is 11.3 Å². The summed E-state index contributed by atoms with van der Waals surface area (Å²) in [7, 11) is 1.95. The molecule has 0 amide bonds. The van der Waals surface area contributed by atoms with E-state index in [2.05, 4.69) is 26.8 Å². The molecule has 4 nitrogen and oxygen atoms in total. The maximum absolute atomic E-state index is 8.71. The van der Waals surface area contributed by atoms with Gasteiger partial charge < -0.3 is 4.74 Å². The summed E-state index contributed by atoms with van der Waals surface area (Å²) >= 11 is 0. The van der Waals surface area contributed by atoms with E-state index < -0.39 is 0 Å². The van der Waals surface area contributed by atoms with Crippen molar-refractivity contribution in [1.82, 2.24) is 4.57 Å². The molecular weight excluding hydrogens is 202 g/mol. The van der Waals surface area contributed by atoms with Crippen molar-refractivity contribution in [3.8, 4) is 6.07 Å². The van der Waals surface area contributed by atoms with Crippen LogP contribution in [0.25, 0.3) is 0 Å². The van der Waals surface area contributed by atoms with Crippen molar-refractivity contribution in [1.29, 1.82) is 5.26 Å². The summed E-state index contributed by atoms with van der Waals surface area (Å²) in [4.78, 5) is 0. The minimum atomic E-state index is -0.118. The Kier molecular flexibility index (Phi) is 4.08. The van der Waals surface area contributed by atoms with Crippen LogP contribution in [0.4, 0.5) is 0 Å². The largest absolute Gasteiger partial charge is 0.336 e. The molecule has 0 N–H and O–H groups in total. The van der Waals surface area contributed by atoms with E-state index in [1.54, 1.807) is 0 Å². The summed E-state index contributed by atoms with van der Waals surface area (Å²) in [5.74, 6) is 0. The fourth-order valence-corrected chi connectivity index (χ4v) is 1.33. The second-order valence-corrected chi connectivity index (χ2v) is 4.59. The first kappa shape index (κ1) is 12.7. The van der Waals surface area contributed by atoms with Gasteiger partial charge in [-0.05, 0) is 20.3 Å². The monoisotopic (exact) mass is 222 g/mol. The summed E-state index contributed by atoms with van der Waals surface area (Å²) in [6, 6.07) is 2.16. The molecule has 4 heteroatoms. The minimum absolute atomic E-state index is 0.118. The highest BCUT2D eigenvalue weighted by Crippen LogP contribution is 2.14. The average molecular weight is 222 g/mol. The zero-order valence-corrected chi connectivity index (χ0v) is 10.5. The molecule has 0 aromatic carbocycles. The second kappa shape index (κ2) is 5.13. The molecule has 1 heterocycles. The van der Waals surface area contributed by atoms with Crippen LogP contribution in [0.2, 0.25) is 0 Å². The Morgan fingerprint density at radius 1 is 1.56 bits per heavy atom. The predicted molar refractivity (Wildman–Crippen MR) is 60.4 cm³/mol. The van der Waals surface area contributed by atoms with Gasteiger partial charge in [-0.15, -0.1) is 0 Å². The molecule has 88 valence electrons. The van der Waals surface area contributed by atoms with Crippen LogP contribution in [0.1, 0.15) is 32.9 Å². The van der Waals surface area contributed by atoms with E-state index in [1.165, 1.54) is 0 Å². The van der Waals surface area contributed by atoms with Crippen LogP contribution in [-0.2, 0) is 24.9 Å². The van der Waals surface area contributed by atoms with Crippen LogP contribution < -0.4 is 4.57 Å². The summed E-state index contributed by atoms with van der Waals surface area (Å²) < 4.78 is 9.72. The normalized spacial score (nSPS) is 11.4. The average Bonchev–Trinajstić information content (AvgIpc) is 2.57. The van der Waals surface area contributed by atoms with E-state index in [4.69, 9.17) is 10.00 Å². The van der Waals surface area contributed by atoms with Crippen molar-refractivity contribution < 1.29 is 9.30 Å². The van der Waals surface area contributed by atoms with Crippen molar-refractivity contribution in [2.75, 3.05) is 0 Å². The fraction of sp³-hybridized carbons (Fsp3) is 0.667. The molecule has 0 saturated heterocycles. The van der Waals surface area contributed by atoms with Gasteiger partial charge in [0.2, 0.25) is 6.33 Å². The lowest BCUT2D eigenvalue weighted by Crippen LogP contribution is -2.26. The summed E-state index contributed by atoms with van der Waals surface area (Å²) in [6.45, 7) is 6.74. The molecular formula is C12H20N3O+. The minimum Gasteiger partial charge on any atom is -0.336 e. The molecule has 0 radical (unpaired) electrons. The molecule has 0 fully saturated rings. The smallest absolute Gasteiger partial charge is 0.245 e. The van der Waals surface area contributed by atoms with Gasteiger partial charge in [0.15, 0.2) is 12.4 Å². The van der Waals surface area contributed by atoms with E-state index in [1.807, 2.05) is 28.7 Å². The molecule has 0 unspecified atom stereocenters. The first-order chi connectivity index (χ1) is 7.48. The lowest BCUT2D eigenvalue weighted by Gasteiger charge is -2.22. The molecule has 0 aliphatic heterocycles. The lowest BCUT2D eigenvalue weighted by molar-refractivity contribution is -0.671. The number of nitrogens with zero attached hydrogens (tertiary/aromatic N) is 3. The lowest BCUT2D eigenvalue weighted by atomic mass is 10.1. The van der Waals surface area contributed by atoms with Crippen molar-refractivity contribution >= 4 is 0 Å². The Bertz CT molecular complexity index is 387. The highest BCUT2D eigenvalue weighted by molar-refractivity contribution is 5.01. The van der Waals surface area contributed by atoms with Gasteiger partial charge in [0.1, 0.15) is 12.6 Å². The van der Waals surface area contributed by atoms with E-state index in [0.717, 1.165) is 12.1 Å². The molecule has 0 aliphatic rings. The van der Waals surface area contributed by atoms with Crippen LogP contribution in [-0.4, -0.2) is 10.2 Å².